The van der Waals surface area contributed by atoms with Crippen LogP contribution in [0, 0.1) is 23.2 Å². The van der Waals surface area contributed by atoms with Gasteiger partial charge in [0, 0.05) is 6.04 Å². The van der Waals surface area contributed by atoms with Crippen LogP contribution < -0.4 is 11.3 Å². The first kappa shape index (κ1) is 14.8. The number of nitrogens with one attached hydrogen (secondary N) is 1. The molecule has 4 aliphatic rings. The van der Waals surface area contributed by atoms with Crippen molar-refractivity contribution in [2.45, 2.75) is 90.0 Å². The summed E-state index contributed by atoms with van der Waals surface area (Å²) in [5.74, 6) is 9.07. The number of unbranched alkanes of at least 4 members (excludes halogenated alkanes) is 3. The van der Waals surface area contributed by atoms with Gasteiger partial charge in [-0.05, 0) is 74.5 Å². The van der Waals surface area contributed by atoms with Gasteiger partial charge < -0.3 is 0 Å². The van der Waals surface area contributed by atoms with Gasteiger partial charge >= 0.3 is 0 Å². The molecule has 3 N–H and O–H groups in total. The zero-order chi connectivity index (χ0) is 14.0. The second kappa shape index (κ2) is 6.36. The lowest BCUT2D eigenvalue weighted by molar-refractivity contribution is -0.0624. The maximum absolute atomic E-state index is 5.87. The molecule has 1 unspecified atom stereocenters. The van der Waals surface area contributed by atoms with E-state index in [2.05, 4.69) is 12.3 Å². The summed E-state index contributed by atoms with van der Waals surface area (Å²) < 4.78 is 0. The normalized spacial score (nSPS) is 40.2. The minimum atomic E-state index is 0.572. The summed E-state index contributed by atoms with van der Waals surface area (Å²) in [7, 11) is 0. The third-order valence-electron chi connectivity index (χ3n) is 6.49. The van der Waals surface area contributed by atoms with E-state index in [4.69, 9.17) is 5.84 Å². The van der Waals surface area contributed by atoms with E-state index in [-0.39, 0.29) is 0 Å². The fourth-order valence-electron chi connectivity index (χ4n) is 6.12. The van der Waals surface area contributed by atoms with E-state index in [1.807, 2.05) is 0 Å². The van der Waals surface area contributed by atoms with Gasteiger partial charge in [0.15, 0.2) is 0 Å². The molecule has 0 radical (unpaired) electrons. The molecule has 2 heteroatoms. The number of hydrogen-bond acceptors (Lipinski definition) is 2. The fraction of sp³-hybridized carbons (Fsp3) is 1.00. The monoisotopic (exact) mass is 278 g/mol. The number of hydrazine groups is 1. The van der Waals surface area contributed by atoms with Crippen molar-refractivity contribution in [3.63, 3.8) is 0 Å². The highest BCUT2D eigenvalue weighted by Crippen LogP contribution is 2.61. The van der Waals surface area contributed by atoms with Gasteiger partial charge in [0.25, 0.3) is 0 Å². The zero-order valence-electron chi connectivity index (χ0n) is 13.4. The van der Waals surface area contributed by atoms with E-state index in [9.17, 15) is 0 Å². The molecule has 4 aliphatic carbocycles. The summed E-state index contributed by atoms with van der Waals surface area (Å²) in [4.78, 5) is 0. The van der Waals surface area contributed by atoms with Crippen molar-refractivity contribution in [3.05, 3.63) is 0 Å². The van der Waals surface area contributed by atoms with Gasteiger partial charge in [-0.2, -0.15) is 0 Å². The van der Waals surface area contributed by atoms with Gasteiger partial charge in [0.2, 0.25) is 0 Å². The van der Waals surface area contributed by atoms with Crippen molar-refractivity contribution in [2.24, 2.45) is 29.0 Å². The Morgan fingerprint density at radius 3 is 2.10 bits per heavy atom. The van der Waals surface area contributed by atoms with Gasteiger partial charge in [0.05, 0.1) is 0 Å². The Balaban J connectivity index is 1.52. The zero-order valence-corrected chi connectivity index (χ0v) is 13.4. The van der Waals surface area contributed by atoms with Crippen molar-refractivity contribution in [3.8, 4) is 0 Å². The van der Waals surface area contributed by atoms with Crippen LogP contribution in [0.15, 0.2) is 0 Å². The van der Waals surface area contributed by atoms with Crippen LogP contribution in [0.4, 0.5) is 0 Å². The van der Waals surface area contributed by atoms with Crippen LogP contribution in [0.3, 0.4) is 0 Å². The smallest absolute Gasteiger partial charge is 0.0215 e. The maximum Gasteiger partial charge on any atom is 0.0215 e. The molecule has 0 heterocycles. The van der Waals surface area contributed by atoms with Crippen LogP contribution in [0.2, 0.25) is 0 Å². The SMILES string of the molecule is CCCCCCC(CC12CC3CC(CC(C3)C1)C2)NN. The van der Waals surface area contributed by atoms with Crippen LogP contribution in [-0.2, 0) is 0 Å². The second-order valence-electron chi connectivity index (χ2n) is 8.33. The summed E-state index contributed by atoms with van der Waals surface area (Å²) in [6.45, 7) is 2.29. The molecule has 116 valence electrons. The molecule has 0 aromatic carbocycles. The minimum absolute atomic E-state index is 0.572. The number of rotatable bonds is 8. The largest absolute Gasteiger partial charge is 0.271 e. The molecule has 20 heavy (non-hydrogen) atoms. The quantitative estimate of drug-likeness (QED) is 0.392. The predicted molar refractivity (Wildman–Crippen MR) is 85.1 cm³/mol. The van der Waals surface area contributed by atoms with Crippen LogP contribution in [0.1, 0.15) is 84.0 Å². The van der Waals surface area contributed by atoms with Gasteiger partial charge in [-0.1, -0.05) is 32.6 Å². The van der Waals surface area contributed by atoms with E-state index >= 15 is 0 Å². The van der Waals surface area contributed by atoms with Crippen molar-refractivity contribution >= 4 is 0 Å². The minimum Gasteiger partial charge on any atom is -0.271 e. The summed E-state index contributed by atoms with van der Waals surface area (Å²) >= 11 is 0. The van der Waals surface area contributed by atoms with Crippen molar-refractivity contribution in [2.75, 3.05) is 0 Å². The van der Waals surface area contributed by atoms with Crippen molar-refractivity contribution in [1.82, 2.24) is 5.43 Å². The second-order valence-corrected chi connectivity index (χ2v) is 8.33. The molecule has 4 bridgehead atoms. The van der Waals surface area contributed by atoms with E-state index < -0.39 is 0 Å². The molecule has 0 spiro atoms. The Kier molecular flexibility index (Phi) is 4.72. The van der Waals surface area contributed by atoms with Crippen molar-refractivity contribution in [1.29, 1.82) is 0 Å². The number of nitrogens with two attached hydrogens (primary N) is 1. The fourth-order valence-corrected chi connectivity index (χ4v) is 6.12. The van der Waals surface area contributed by atoms with Crippen LogP contribution >= 0.6 is 0 Å². The van der Waals surface area contributed by atoms with Crippen LogP contribution in [-0.4, -0.2) is 6.04 Å². The summed E-state index contributed by atoms with van der Waals surface area (Å²) in [5, 5.41) is 0. The molecule has 0 aromatic rings. The van der Waals surface area contributed by atoms with E-state index in [0.29, 0.717) is 11.5 Å². The molecule has 0 aromatic heterocycles. The Labute approximate surface area is 125 Å². The third kappa shape index (κ3) is 3.22. The Hall–Kier alpha value is -0.0800. The summed E-state index contributed by atoms with van der Waals surface area (Å²) in [5.41, 5.74) is 3.83. The molecule has 2 nitrogen and oxygen atoms in total. The first-order valence-corrected chi connectivity index (χ1v) is 9.19. The highest BCUT2D eigenvalue weighted by molar-refractivity contribution is 5.02. The molecule has 4 fully saturated rings. The lowest BCUT2D eigenvalue weighted by Gasteiger charge is -2.57. The highest BCUT2D eigenvalue weighted by atomic mass is 15.2. The van der Waals surface area contributed by atoms with Crippen LogP contribution in [0.25, 0.3) is 0 Å². The van der Waals surface area contributed by atoms with Gasteiger partial charge in [0.1, 0.15) is 0 Å². The van der Waals surface area contributed by atoms with Crippen molar-refractivity contribution < 1.29 is 0 Å². The molecular weight excluding hydrogens is 244 g/mol. The molecule has 1 atom stereocenters. The predicted octanol–water partition coefficient (Wildman–Crippen LogP) is 4.40. The topological polar surface area (TPSA) is 38.0 Å². The maximum atomic E-state index is 5.87. The molecule has 0 saturated heterocycles. The number of hydrogen-bond donors (Lipinski definition) is 2. The molecule has 0 amide bonds. The van der Waals surface area contributed by atoms with E-state index in [1.165, 1.54) is 57.8 Å². The summed E-state index contributed by atoms with van der Waals surface area (Å²) in [6.07, 6.45) is 17.3. The van der Waals surface area contributed by atoms with Gasteiger partial charge in [-0.15, -0.1) is 0 Å². The molecule has 4 rings (SSSR count). The third-order valence-corrected chi connectivity index (χ3v) is 6.49. The van der Waals surface area contributed by atoms with Crippen LogP contribution in [0.5, 0.6) is 0 Å². The highest BCUT2D eigenvalue weighted by Gasteiger charge is 2.51. The summed E-state index contributed by atoms with van der Waals surface area (Å²) in [6, 6.07) is 0.572. The average molecular weight is 278 g/mol. The standard InChI is InChI=1S/C18H34N2/c1-2-3-4-5-6-17(20-19)13-18-10-14-7-15(11-18)9-16(8-14)12-18/h14-17,20H,2-13,19H2,1H3. The van der Waals surface area contributed by atoms with E-state index in [1.54, 1.807) is 19.3 Å². The van der Waals surface area contributed by atoms with Gasteiger partial charge in [-0.25, -0.2) is 0 Å². The first-order valence-electron chi connectivity index (χ1n) is 9.19. The molecule has 0 aliphatic heterocycles. The van der Waals surface area contributed by atoms with E-state index in [0.717, 1.165) is 17.8 Å². The van der Waals surface area contributed by atoms with Gasteiger partial charge in [-0.3, -0.25) is 11.3 Å². The first-order chi connectivity index (χ1) is 9.73. The average Bonchev–Trinajstić information content (AvgIpc) is 2.40. The Morgan fingerprint density at radius 1 is 1.00 bits per heavy atom. The lowest BCUT2D eigenvalue weighted by Crippen LogP contribution is -2.49. The lowest BCUT2D eigenvalue weighted by atomic mass is 9.48. The Bertz CT molecular complexity index is 277. The Morgan fingerprint density at radius 2 is 1.60 bits per heavy atom. The molecule has 4 saturated carbocycles. The molecular formula is C18H34N2.